The maximum atomic E-state index is 13.6. The van der Waals surface area contributed by atoms with Gasteiger partial charge in [-0.1, -0.05) is 72.8 Å². The molecule has 42 heavy (non-hydrogen) atoms. The number of benzene rings is 3. The maximum Gasteiger partial charge on any atom is 0.289 e. The zero-order chi connectivity index (χ0) is 30.5. The van der Waals surface area contributed by atoms with E-state index in [9.17, 15) is 24.0 Å². The van der Waals surface area contributed by atoms with Crippen LogP contribution in [0.15, 0.2) is 84.9 Å². The minimum Gasteiger partial charge on any atom is -0.497 e. The number of Topliss-reactive ketones (excluding diaryl/α,β-unsaturated/α-hetero) is 1. The summed E-state index contributed by atoms with van der Waals surface area (Å²) in [6, 6.07) is 22.2. The molecule has 11 heteroatoms. The molecule has 3 atom stereocenters. The van der Waals surface area contributed by atoms with Crippen LogP contribution in [0.3, 0.4) is 0 Å². The van der Waals surface area contributed by atoms with E-state index >= 15 is 0 Å². The molecule has 0 unspecified atom stereocenters. The molecule has 11 nitrogen and oxygen atoms in total. The molecule has 4 amide bonds. The number of nitrogens with two attached hydrogens (primary N) is 1. The van der Waals surface area contributed by atoms with Crippen molar-refractivity contribution < 1.29 is 33.4 Å². The van der Waals surface area contributed by atoms with Gasteiger partial charge in [-0.15, -0.1) is 0 Å². The topological polar surface area (TPSA) is 166 Å². The lowest BCUT2D eigenvalue weighted by Gasteiger charge is -2.24. The van der Waals surface area contributed by atoms with Crippen molar-refractivity contribution in [2.45, 2.75) is 37.6 Å². The van der Waals surface area contributed by atoms with Gasteiger partial charge in [-0.3, -0.25) is 24.0 Å². The number of ketones is 1. The van der Waals surface area contributed by atoms with Crippen molar-refractivity contribution in [2.75, 3.05) is 14.2 Å². The van der Waals surface area contributed by atoms with Crippen molar-refractivity contribution in [2.24, 2.45) is 5.73 Å². The van der Waals surface area contributed by atoms with Crippen molar-refractivity contribution in [1.82, 2.24) is 16.0 Å². The number of carbonyl (C=O) groups excluding carboxylic acids is 5. The van der Waals surface area contributed by atoms with E-state index in [0.717, 1.165) is 12.7 Å². The molecular formula is C31H34N4O7. The van der Waals surface area contributed by atoms with Crippen molar-refractivity contribution in [3.05, 3.63) is 102 Å². The first-order valence-corrected chi connectivity index (χ1v) is 13.2. The van der Waals surface area contributed by atoms with Crippen LogP contribution >= 0.6 is 0 Å². The molecule has 5 N–H and O–H groups in total. The van der Waals surface area contributed by atoms with Gasteiger partial charge in [-0.25, -0.2) is 0 Å². The van der Waals surface area contributed by atoms with Crippen LogP contribution in [0.1, 0.15) is 16.7 Å². The van der Waals surface area contributed by atoms with Crippen LogP contribution in [-0.4, -0.2) is 61.8 Å². The molecule has 0 radical (unpaired) electrons. The highest BCUT2D eigenvalue weighted by molar-refractivity contribution is 6.38. The second-order valence-corrected chi connectivity index (χ2v) is 9.41. The highest BCUT2D eigenvalue weighted by Gasteiger charge is 2.33. The Hall–Kier alpha value is -5.03. The molecule has 0 aliphatic heterocycles. The van der Waals surface area contributed by atoms with Gasteiger partial charge in [0.25, 0.3) is 17.7 Å². The van der Waals surface area contributed by atoms with Gasteiger partial charge < -0.3 is 31.2 Å². The van der Waals surface area contributed by atoms with Crippen LogP contribution in [-0.2, 0) is 48.1 Å². The van der Waals surface area contributed by atoms with E-state index in [4.69, 9.17) is 15.2 Å². The molecule has 0 bridgehead atoms. The van der Waals surface area contributed by atoms with Gasteiger partial charge in [0.2, 0.25) is 17.8 Å². The van der Waals surface area contributed by atoms with E-state index in [1.54, 1.807) is 66.7 Å². The number of nitrogens with one attached hydrogen (secondary N) is 3. The molecule has 3 aromatic carbocycles. The summed E-state index contributed by atoms with van der Waals surface area (Å²) in [5, 5.41) is 7.72. The number of rotatable bonds is 15. The molecule has 0 aliphatic carbocycles. The minimum atomic E-state index is -1.64. The molecule has 0 heterocycles. The summed E-state index contributed by atoms with van der Waals surface area (Å²) < 4.78 is 10.1. The summed E-state index contributed by atoms with van der Waals surface area (Å²) in [5.41, 5.74) is 7.42. The third kappa shape index (κ3) is 9.27. The second kappa shape index (κ2) is 15.7. The van der Waals surface area contributed by atoms with Crippen molar-refractivity contribution in [3.63, 3.8) is 0 Å². The minimum absolute atomic E-state index is 0.0107. The Morgan fingerprint density at radius 2 is 1.21 bits per heavy atom. The molecule has 0 fully saturated rings. The summed E-state index contributed by atoms with van der Waals surface area (Å²) >= 11 is 0. The number of primary amides is 1. The fraction of sp³-hybridized carbons (Fsp3) is 0.258. The van der Waals surface area contributed by atoms with E-state index in [2.05, 4.69) is 16.0 Å². The molecule has 0 aromatic heterocycles. The Bertz CT molecular complexity index is 1370. The summed E-state index contributed by atoms with van der Waals surface area (Å²) in [4.78, 5) is 64.3. The van der Waals surface area contributed by atoms with Crippen LogP contribution in [0.5, 0.6) is 5.75 Å². The van der Waals surface area contributed by atoms with Crippen LogP contribution in [0.4, 0.5) is 0 Å². The van der Waals surface area contributed by atoms with Crippen molar-refractivity contribution >= 4 is 29.4 Å². The number of ether oxygens (including phenoxy) is 2. The third-order valence-corrected chi connectivity index (χ3v) is 6.40. The molecule has 0 spiro atoms. The van der Waals surface area contributed by atoms with E-state index in [1.807, 2.05) is 18.2 Å². The SMILES string of the molecule is COc1ccc(C[C@H](NC(=O)[C@@H](OC)C(N)=O)C(=O)N[C@@H](Cc2ccccc2)C(=O)C(=O)NCc2ccccc2)cc1. The summed E-state index contributed by atoms with van der Waals surface area (Å²) in [6.45, 7) is 0.124. The van der Waals surface area contributed by atoms with Gasteiger partial charge in [0.15, 0.2) is 0 Å². The smallest absolute Gasteiger partial charge is 0.289 e. The Morgan fingerprint density at radius 3 is 1.76 bits per heavy atom. The van der Waals surface area contributed by atoms with Gasteiger partial charge in [0.1, 0.15) is 17.8 Å². The normalized spacial score (nSPS) is 12.7. The van der Waals surface area contributed by atoms with Crippen LogP contribution in [0.2, 0.25) is 0 Å². The lowest BCUT2D eigenvalue weighted by atomic mass is 9.99. The van der Waals surface area contributed by atoms with Crippen LogP contribution < -0.4 is 26.4 Å². The van der Waals surface area contributed by atoms with Crippen LogP contribution in [0, 0.1) is 0 Å². The summed E-state index contributed by atoms with van der Waals surface area (Å²) in [6.07, 6.45) is -1.62. The van der Waals surface area contributed by atoms with Gasteiger partial charge in [0, 0.05) is 26.5 Å². The average Bonchev–Trinajstić information content (AvgIpc) is 3.00. The molecule has 3 aromatic rings. The quantitative estimate of drug-likeness (QED) is 0.154. The number of hydrogen-bond donors (Lipinski definition) is 4. The molecule has 0 saturated carbocycles. The predicted octanol–water partition coefficient (Wildman–Crippen LogP) is 0.836. The van der Waals surface area contributed by atoms with Crippen molar-refractivity contribution in [1.29, 1.82) is 0 Å². The number of methoxy groups -OCH3 is 2. The maximum absolute atomic E-state index is 13.6. The fourth-order valence-corrected chi connectivity index (χ4v) is 4.16. The Kier molecular flexibility index (Phi) is 11.8. The van der Waals surface area contributed by atoms with E-state index in [0.29, 0.717) is 16.9 Å². The first-order valence-electron chi connectivity index (χ1n) is 13.2. The molecule has 220 valence electrons. The number of hydrogen-bond acceptors (Lipinski definition) is 7. The monoisotopic (exact) mass is 574 g/mol. The first-order chi connectivity index (χ1) is 20.2. The Morgan fingerprint density at radius 1 is 0.690 bits per heavy atom. The summed E-state index contributed by atoms with van der Waals surface area (Å²) in [5.74, 6) is -3.85. The Balaban J connectivity index is 1.84. The zero-order valence-electron chi connectivity index (χ0n) is 23.4. The largest absolute Gasteiger partial charge is 0.497 e. The van der Waals surface area contributed by atoms with Gasteiger partial charge in [0.05, 0.1) is 7.11 Å². The van der Waals surface area contributed by atoms with Gasteiger partial charge in [-0.2, -0.15) is 0 Å². The highest BCUT2D eigenvalue weighted by atomic mass is 16.5. The predicted molar refractivity (Wildman–Crippen MR) is 154 cm³/mol. The molecule has 3 rings (SSSR count). The van der Waals surface area contributed by atoms with E-state index in [1.165, 1.54) is 7.11 Å². The zero-order valence-corrected chi connectivity index (χ0v) is 23.4. The van der Waals surface area contributed by atoms with Gasteiger partial charge >= 0.3 is 0 Å². The first kappa shape index (κ1) is 31.5. The Labute approximate surface area is 243 Å². The molecule has 0 saturated heterocycles. The van der Waals surface area contributed by atoms with E-state index < -0.39 is 47.6 Å². The van der Waals surface area contributed by atoms with Crippen molar-refractivity contribution in [3.8, 4) is 5.75 Å². The molecule has 0 aliphatic rings. The number of carbonyl (C=O) groups is 5. The van der Waals surface area contributed by atoms with Gasteiger partial charge in [-0.05, 0) is 28.8 Å². The lowest BCUT2D eigenvalue weighted by Crippen LogP contribution is -2.57. The highest BCUT2D eigenvalue weighted by Crippen LogP contribution is 2.14. The molecular weight excluding hydrogens is 540 g/mol. The van der Waals surface area contributed by atoms with Crippen LogP contribution in [0.25, 0.3) is 0 Å². The van der Waals surface area contributed by atoms with E-state index in [-0.39, 0.29) is 19.4 Å². The fourth-order valence-electron chi connectivity index (χ4n) is 4.16. The third-order valence-electron chi connectivity index (χ3n) is 6.40. The number of amides is 4. The summed E-state index contributed by atoms with van der Waals surface area (Å²) in [7, 11) is 2.65. The lowest BCUT2D eigenvalue weighted by molar-refractivity contribution is -0.144. The average molecular weight is 575 g/mol. The standard InChI is InChI=1S/C31H34N4O7/c1-41-23-15-13-21(14-16-23)18-25(35-31(40)27(42-2)28(32)37)29(38)34-24(17-20-9-5-3-6-10-20)26(36)30(39)33-19-22-11-7-4-8-12-22/h3-16,24-25,27H,17-19H2,1-2H3,(H2,32,37)(H,33,39)(H,34,38)(H,35,40)/t24-,25-,27-/m0/s1. The second-order valence-electron chi connectivity index (χ2n) is 9.41.